The van der Waals surface area contributed by atoms with Crippen LogP contribution in [0.1, 0.15) is 9.88 Å². The first-order valence-corrected chi connectivity index (χ1v) is 7.33. The quantitative estimate of drug-likeness (QED) is 0.771. The molecule has 0 atom stereocenters. The Morgan fingerprint density at radius 3 is 3.00 bits per heavy atom. The van der Waals surface area contributed by atoms with E-state index in [-0.39, 0.29) is 0 Å². The molecular formula is C13H12N2OS2. The Balaban J connectivity index is 1.57. The van der Waals surface area contributed by atoms with Crippen molar-refractivity contribution < 1.29 is 4.42 Å². The summed E-state index contributed by atoms with van der Waals surface area (Å²) in [6.45, 7) is 1.69. The molecule has 0 bridgehead atoms. The largest absolute Gasteiger partial charge is 0.463 e. The number of hydrogen-bond acceptors (Lipinski definition) is 5. The Hall–Kier alpha value is -1.43. The highest BCUT2D eigenvalue weighted by atomic mass is 32.1. The van der Waals surface area contributed by atoms with Crippen molar-refractivity contribution >= 4 is 22.7 Å². The number of aromatic nitrogens is 1. The molecule has 0 saturated carbocycles. The smallest absolute Gasteiger partial charge is 0.145 e. The second-order valence-corrected chi connectivity index (χ2v) is 5.93. The van der Waals surface area contributed by atoms with Crippen molar-refractivity contribution in [3.63, 3.8) is 0 Å². The maximum atomic E-state index is 5.35. The van der Waals surface area contributed by atoms with Gasteiger partial charge in [0.2, 0.25) is 0 Å². The third-order valence-corrected chi connectivity index (χ3v) is 4.36. The summed E-state index contributed by atoms with van der Waals surface area (Å²) in [7, 11) is 0. The lowest BCUT2D eigenvalue weighted by Crippen LogP contribution is -2.11. The fourth-order valence-corrected chi connectivity index (χ4v) is 3.16. The SMILES string of the molecule is c1coc(-c2cnc(CNCc3cccs3)s2)c1. The van der Waals surface area contributed by atoms with Crippen LogP contribution in [0.15, 0.2) is 46.5 Å². The predicted molar refractivity (Wildman–Crippen MR) is 74.7 cm³/mol. The summed E-state index contributed by atoms with van der Waals surface area (Å²) in [5, 5.41) is 6.56. The van der Waals surface area contributed by atoms with Crippen LogP contribution in [0.5, 0.6) is 0 Å². The van der Waals surface area contributed by atoms with E-state index < -0.39 is 0 Å². The molecule has 0 unspecified atom stereocenters. The van der Waals surface area contributed by atoms with Gasteiger partial charge in [-0.05, 0) is 23.6 Å². The van der Waals surface area contributed by atoms with Gasteiger partial charge in [0.05, 0.1) is 11.1 Å². The lowest BCUT2D eigenvalue weighted by molar-refractivity contribution is 0.583. The van der Waals surface area contributed by atoms with Crippen molar-refractivity contribution in [1.29, 1.82) is 0 Å². The second kappa shape index (κ2) is 5.48. The minimum atomic E-state index is 0.795. The van der Waals surface area contributed by atoms with Gasteiger partial charge < -0.3 is 9.73 Å². The molecule has 3 aromatic rings. The average molecular weight is 276 g/mol. The zero-order chi connectivity index (χ0) is 12.2. The molecule has 0 aromatic carbocycles. The molecule has 3 nitrogen and oxygen atoms in total. The Morgan fingerprint density at radius 2 is 2.22 bits per heavy atom. The fraction of sp³-hybridized carbons (Fsp3) is 0.154. The molecule has 0 radical (unpaired) electrons. The molecule has 3 aromatic heterocycles. The normalized spacial score (nSPS) is 10.9. The van der Waals surface area contributed by atoms with E-state index >= 15 is 0 Å². The number of thiophene rings is 1. The van der Waals surface area contributed by atoms with E-state index in [1.165, 1.54) is 4.88 Å². The number of rotatable bonds is 5. The Labute approximate surface area is 113 Å². The maximum absolute atomic E-state index is 5.35. The zero-order valence-corrected chi connectivity index (χ0v) is 11.3. The molecule has 0 amide bonds. The van der Waals surface area contributed by atoms with E-state index in [9.17, 15) is 0 Å². The fourth-order valence-electron chi connectivity index (χ4n) is 1.63. The van der Waals surface area contributed by atoms with Crippen molar-refractivity contribution in [2.45, 2.75) is 13.1 Å². The van der Waals surface area contributed by atoms with Crippen LogP contribution in [-0.4, -0.2) is 4.98 Å². The molecule has 0 aliphatic rings. The van der Waals surface area contributed by atoms with E-state index in [1.807, 2.05) is 18.3 Å². The maximum Gasteiger partial charge on any atom is 0.145 e. The van der Waals surface area contributed by atoms with Gasteiger partial charge in [-0.1, -0.05) is 6.07 Å². The van der Waals surface area contributed by atoms with Gasteiger partial charge in [-0.25, -0.2) is 4.98 Å². The Morgan fingerprint density at radius 1 is 1.22 bits per heavy atom. The van der Waals surface area contributed by atoms with E-state index in [1.54, 1.807) is 28.9 Å². The van der Waals surface area contributed by atoms with Crippen LogP contribution >= 0.6 is 22.7 Å². The lowest BCUT2D eigenvalue weighted by Gasteiger charge is -1.98. The Bertz CT molecular complexity index is 584. The van der Waals surface area contributed by atoms with Crippen LogP contribution in [0.4, 0.5) is 0 Å². The molecule has 3 heterocycles. The second-order valence-electron chi connectivity index (χ2n) is 3.78. The summed E-state index contributed by atoms with van der Waals surface area (Å²) in [6.07, 6.45) is 3.55. The number of thiazole rings is 1. The van der Waals surface area contributed by atoms with Crippen LogP contribution in [-0.2, 0) is 13.1 Å². The van der Waals surface area contributed by atoms with Gasteiger partial charge in [-0.15, -0.1) is 22.7 Å². The highest BCUT2D eigenvalue weighted by Crippen LogP contribution is 2.26. The van der Waals surface area contributed by atoms with Gasteiger partial charge in [0.15, 0.2) is 0 Å². The third-order valence-electron chi connectivity index (χ3n) is 2.47. The van der Waals surface area contributed by atoms with Crippen LogP contribution in [0.25, 0.3) is 10.6 Å². The summed E-state index contributed by atoms with van der Waals surface area (Å²) < 4.78 is 5.35. The first-order valence-electron chi connectivity index (χ1n) is 5.63. The van der Waals surface area contributed by atoms with Gasteiger partial charge in [0.25, 0.3) is 0 Å². The van der Waals surface area contributed by atoms with E-state index in [0.29, 0.717) is 0 Å². The highest BCUT2D eigenvalue weighted by molar-refractivity contribution is 7.15. The van der Waals surface area contributed by atoms with Gasteiger partial charge in [-0.3, -0.25) is 0 Å². The van der Waals surface area contributed by atoms with Gasteiger partial charge in [0.1, 0.15) is 10.8 Å². The first kappa shape index (κ1) is 11.6. The molecule has 18 heavy (non-hydrogen) atoms. The summed E-state index contributed by atoms with van der Waals surface area (Å²) in [5.41, 5.74) is 0. The van der Waals surface area contributed by atoms with Crippen molar-refractivity contribution in [3.8, 4) is 10.6 Å². The van der Waals surface area contributed by atoms with Crippen LogP contribution < -0.4 is 5.32 Å². The Kier molecular flexibility index (Phi) is 3.54. The number of hydrogen-bond donors (Lipinski definition) is 1. The highest BCUT2D eigenvalue weighted by Gasteiger charge is 2.06. The van der Waals surface area contributed by atoms with E-state index in [2.05, 4.69) is 27.8 Å². The van der Waals surface area contributed by atoms with Crippen LogP contribution in [0, 0.1) is 0 Å². The zero-order valence-electron chi connectivity index (χ0n) is 9.63. The summed E-state index contributed by atoms with van der Waals surface area (Å²) >= 11 is 3.43. The minimum absolute atomic E-state index is 0.795. The molecule has 0 aliphatic carbocycles. The third kappa shape index (κ3) is 2.69. The number of nitrogens with zero attached hydrogens (tertiary/aromatic N) is 1. The molecule has 92 valence electrons. The number of nitrogens with one attached hydrogen (secondary N) is 1. The van der Waals surface area contributed by atoms with Gasteiger partial charge in [0, 0.05) is 24.2 Å². The monoisotopic (exact) mass is 276 g/mol. The molecule has 0 fully saturated rings. The summed E-state index contributed by atoms with van der Waals surface area (Å²) in [6, 6.07) is 8.05. The van der Waals surface area contributed by atoms with Crippen molar-refractivity contribution in [2.75, 3.05) is 0 Å². The van der Waals surface area contributed by atoms with E-state index in [0.717, 1.165) is 28.7 Å². The molecule has 1 N–H and O–H groups in total. The molecule has 5 heteroatoms. The lowest BCUT2D eigenvalue weighted by atomic mass is 10.4. The minimum Gasteiger partial charge on any atom is -0.463 e. The standard InChI is InChI=1S/C13H12N2OS2/c1-4-11(16-5-1)12-8-15-13(18-12)9-14-7-10-3-2-6-17-10/h1-6,8,14H,7,9H2. The molecule has 0 saturated heterocycles. The number of furan rings is 1. The van der Waals surface area contributed by atoms with Gasteiger partial charge in [-0.2, -0.15) is 0 Å². The molecular weight excluding hydrogens is 264 g/mol. The van der Waals surface area contributed by atoms with Crippen LogP contribution in [0.3, 0.4) is 0 Å². The van der Waals surface area contributed by atoms with Gasteiger partial charge >= 0.3 is 0 Å². The predicted octanol–water partition coefficient (Wildman–Crippen LogP) is 3.75. The van der Waals surface area contributed by atoms with Crippen molar-refractivity contribution in [2.24, 2.45) is 0 Å². The topological polar surface area (TPSA) is 38.1 Å². The first-order chi connectivity index (χ1) is 8.92. The summed E-state index contributed by atoms with van der Waals surface area (Å²) in [4.78, 5) is 6.81. The molecule has 0 spiro atoms. The van der Waals surface area contributed by atoms with Crippen LogP contribution in [0.2, 0.25) is 0 Å². The van der Waals surface area contributed by atoms with E-state index in [4.69, 9.17) is 4.42 Å². The van der Waals surface area contributed by atoms with Crippen molar-refractivity contribution in [3.05, 3.63) is 52.0 Å². The average Bonchev–Trinajstić information content (AvgIpc) is 3.12. The molecule has 0 aliphatic heterocycles. The summed E-state index contributed by atoms with van der Waals surface area (Å²) in [5.74, 6) is 0.886. The molecule has 3 rings (SSSR count). The van der Waals surface area contributed by atoms with Crippen molar-refractivity contribution in [1.82, 2.24) is 10.3 Å².